The van der Waals surface area contributed by atoms with E-state index < -0.39 is 0 Å². The van der Waals surface area contributed by atoms with Crippen LogP contribution in [0.25, 0.3) is 0 Å². The summed E-state index contributed by atoms with van der Waals surface area (Å²) in [5.74, 6) is 3.47. The molecule has 0 amide bonds. The third kappa shape index (κ3) is 3.16. The van der Waals surface area contributed by atoms with Gasteiger partial charge in [-0.25, -0.2) is 0 Å². The van der Waals surface area contributed by atoms with Crippen LogP contribution >= 0.6 is 11.8 Å². The van der Waals surface area contributed by atoms with Crippen molar-refractivity contribution in [2.75, 3.05) is 0 Å². The lowest BCUT2D eigenvalue weighted by Gasteiger charge is -2.05. The fourth-order valence-corrected chi connectivity index (χ4v) is 1.61. The van der Waals surface area contributed by atoms with Gasteiger partial charge in [-0.2, -0.15) is 0 Å². The van der Waals surface area contributed by atoms with Gasteiger partial charge >= 0.3 is 0 Å². The Kier molecular flexibility index (Phi) is 3.92. The molecular formula is C12H14S. The monoisotopic (exact) mass is 190 g/mol. The molecule has 1 aromatic carbocycles. The van der Waals surface area contributed by atoms with E-state index >= 15 is 0 Å². The van der Waals surface area contributed by atoms with Crippen LogP contribution in [-0.4, -0.2) is 0 Å². The number of hydrogen-bond acceptors (Lipinski definition) is 1. The van der Waals surface area contributed by atoms with E-state index in [0.717, 1.165) is 0 Å². The molecule has 1 rings (SSSR count). The molecule has 1 aromatic rings. The standard InChI is InChI=1S/C12H14S/c1-4-8-13-12-7-5-6-11(9-12)10(2)3/h5-7,9-10H,1-3H3. The first-order valence-electron chi connectivity index (χ1n) is 4.42. The van der Waals surface area contributed by atoms with Crippen LogP contribution in [-0.2, 0) is 0 Å². The summed E-state index contributed by atoms with van der Waals surface area (Å²) in [7, 11) is 0. The summed E-state index contributed by atoms with van der Waals surface area (Å²) < 4.78 is 0. The van der Waals surface area contributed by atoms with Gasteiger partial charge in [-0.05, 0) is 47.6 Å². The highest BCUT2D eigenvalue weighted by Crippen LogP contribution is 2.22. The largest absolute Gasteiger partial charge is 0.0943 e. The molecule has 0 aliphatic rings. The molecule has 0 radical (unpaired) electrons. The Hall–Kier alpha value is -0.870. The Bertz CT molecular complexity index is 328. The van der Waals surface area contributed by atoms with Crippen LogP contribution in [0.3, 0.4) is 0 Å². The Balaban J connectivity index is 2.83. The minimum absolute atomic E-state index is 0.593. The summed E-state index contributed by atoms with van der Waals surface area (Å²) in [4.78, 5) is 1.24. The second-order valence-corrected chi connectivity index (χ2v) is 4.06. The second-order valence-electron chi connectivity index (χ2n) is 3.18. The molecule has 0 fully saturated rings. The lowest BCUT2D eigenvalue weighted by molar-refractivity contribution is 0.862. The van der Waals surface area contributed by atoms with Crippen molar-refractivity contribution in [2.24, 2.45) is 0 Å². The van der Waals surface area contributed by atoms with E-state index in [1.54, 1.807) is 11.8 Å². The van der Waals surface area contributed by atoms with Gasteiger partial charge in [0.2, 0.25) is 0 Å². The van der Waals surface area contributed by atoms with Crippen LogP contribution < -0.4 is 0 Å². The number of hydrogen-bond donors (Lipinski definition) is 0. The first kappa shape index (κ1) is 10.2. The third-order valence-corrected chi connectivity index (χ3v) is 2.59. The van der Waals surface area contributed by atoms with Gasteiger partial charge < -0.3 is 0 Å². The maximum absolute atomic E-state index is 3.00. The van der Waals surface area contributed by atoms with Gasteiger partial charge in [0.05, 0.1) is 0 Å². The van der Waals surface area contributed by atoms with Crippen molar-refractivity contribution in [1.29, 1.82) is 0 Å². The smallest absolute Gasteiger partial charge is 0.0206 e. The molecule has 0 saturated heterocycles. The molecule has 0 unspecified atom stereocenters. The van der Waals surface area contributed by atoms with Gasteiger partial charge in [-0.3, -0.25) is 0 Å². The minimum atomic E-state index is 0.593. The Morgan fingerprint density at radius 1 is 1.31 bits per heavy atom. The average molecular weight is 190 g/mol. The molecule has 0 aliphatic heterocycles. The normalized spacial score (nSPS) is 9.54. The van der Waals surface area contributed by atoms with Gasteiger partial charge in [0.1, 0.15) is 0 Å². The van der Waals surface area contributed by atoms with Crippen molar-refractivity contribution < 1.29 is 0 Å². The van der Waals surface area contributed by atoms with Crippen molar-refractivity contribution in [1.82, 2.24) is 0 Å². The summed E-state index contributed by atoms with van der Waals surface area (Å²) in [6.45, 7) is 6.27. The predicted molar refractivity (Wildman–Crippen MR) is 59.8 cm³/mol. The molecule has 0 aromatic heterocycles. The molecule has 0 spiro atoms. The van der Waals surface area contributed by atoms with Crippen LogP contribution in [0.4, 0.5) is 0 Å². The van der Waals surface area contributed by atoms with E-state index in [2.05, 4.69) is 49.3 Å². The molecule has 0 saturated carbocycles. The molecule has 13 heavy (non-hydrogen) atoms. The van der Waals surface area contributed by atoms with Crippen molar-refractivity contribution in [3.8, 4) is 11.2 Å². The van der Waals surface area contributed by atoms with Gasteiger partial charge in [-0.1, -0.05) is 31.9 Å². The SMILES string of the molecule is CC#CSc1cccc(C(C)C)c1. The van der Waals surface area contributed by atoms with E-state index in [1.807, 2.05) is 6.92 Å². The van der Waals surface area contributed by atoms with Gasteiger partial charge in [0.25, 0.3) is 0 Å². The summed E-state index contributed by atoms with van der Waals surface area (Å²) in [6, 6.07) is 8.56. The van der Waals surface area contributed by atoms with E-state index in [4.69, 9.17) is 0 Å². The summed E-state index contributed by atoms with van der Waals surface area (Å²) in [5, 5.41) is 3.00. The zero-order chi connectivity index (χ0) is 9.68. The van der Waals surface area contributed by atoms with E-state index in [9.17, 15) is 0 Å². The van der Waals surface area contributed by atoms with Crippen LogP contribution in [0, 0.1) is 11.2 Å². The van der Waals surface area contributed by atoms with E-state index in [-0.39, 0.29) is 0 Å². The summed E-state index contributed by atoms with van der Waals surface area (Å²) in [5.41, 5.74) is 1.38. The molecule has 0 bridgehead atoms. The zero-order valence-corrected chi connectivity index (χ0v) is 9.11. The van der Waals surface area contributed by atoms with Crippen molar-refractivity contribution >= 4 is 11.8 Å². The maximum Gasteiger partial charge on any atom is 0.0206 e. The molecule has 0 aliphatic carbocycles. The van der Waals surface area contributed by atoms with Crippen molar-refractivity contribution in [2.45, 2.75) is 31.6 Å². The van der Waals surface area contributed by atoms with Crippen LogP contribution in [0.2, 0.25) is 0 Å². The molecule has 1 heteroatoms. The summed E-state index contributed by atoms with van der Waals surface area (Å²) in [6.07, 6.45) is 0. The highest BCUT2D eigenvalue weighted by atomic mass is 32.2. The van der Waals surface area contributed by atoms with Crippen LogP contribution in [0.5, 0.6) is 0 Å². The third-order valence-electron chi connectivity index (χ3n) is 1.80. The average Bonchev–Trinajstić information content (AvgIpc) is 2.15. The van der Waals surface area contributed by atoms with Crippen molar-refractivity contribution in [3.05, 3.63) is 29.8 Å². The fraction of sp³-hybridized carbons (Fsp3) is 0.333. The highest BCUT2D eigenvalue weighted by Gasteiger charge is 1.99. The molecule has 0 nitrogen and oxygen atoms in total. The molecular weight excluding hydrogens is 176 g/mol. The van der Waals surface area contributed by atoms with Gasteiger partial charge in [-0.15, -0.1) is 0 Å². The van der Waals surface area contributed by atoms with Gasteiger partial charge in [0.15, 0.2) is 0 Å². The number of thioether (sulfide) groups is 1. The van der Waals surface area contributed by atoms with E-state index in [0.29, 0.717) is 5.92 Å². The lowest BCUT2D eigenvalue weighted by Crippen LogP contribution is -1.85. The zero-order valence-electron chi connectivity index (χ0n) is 8.29. The Morgan fingerprint density at radius 2 is 2.08 bits per heavy atom. The Labute approximate surface area is 84.7 Å². The Morgan fingerprint density at radius 3 is 2.69 bits per heavy atom. The van der Waals surface area contributed by atoms with Crippen LogP contribution in [0.1, 0.15) is 32.3 Å². The first-order chi connectivity index (χ1) is 6.24. The minimum Gasteiger partial charge on any atom is -0.0943 e. The highest BCUT2D eigenvalue weighted by molar-refractivity contribution is 8.03. The topological polar surface area (TPSA) is 0 Å². The van der Waals surface area contributed by atoms with Gasteiger partial charge in [0, 0.05) is 4.90 Å². The second kappa shape index (κ2) is 4.99. The molecule has 0 atom stereocenters. The number of benzene rings is 1. The fourth-order valence-electron chi connectivity index (χ4n) is 1.05. The molecule has 68 valence electrons. The summed E-state index contributed by atoms with van der Waals surface area (Å²) >= 11 is 1.59. The maximum atomic E-state index is 3.00. The lowest BCUT2D eigenvalue weighted by atomic mass is 10.0. The van der Waals surface area contributed by atoms with E-state index in [1.165, 1.54) is 10.5 Å². The van der Waals surface area contributed by atoms with Crippen LogP contribution in [0.15, 0.2) is 29.2 Å². The number of rotatable bonds is 2. The molecule has 0 N–H and O–H groups in total. The predicted octanol–water partition coefficient (Wildman–Crippen LogP) is 3.88. The molecule has 0 heterocycles. The quantitative estimate of drug-likeness (QED) is 0.503. The van der Waals surface area contributed by atoms with Crippen molar-refractivity contribution in [3.63, 3.8) is 0 Å². The first-order valence-corrected chi connectivity index (χ1v) is 5.24.